The molecule has 102 valence electrons. The second kappa shape index (κ2) is 6.66. The van der Waals surface area contributed by atoms with Crippen LogP contribution in [-0.2, 0) is 18.9 Å². The highest BCUT2D eigenvalue weighted by Gasteiger charge is 2.36. The molecule has 1 aliphatic heterocycles. The lowest BCUT2D eigenvalue weighted by atomic mass is 10.0. The van der Waals surface area contributed by atoms with Crippen LogP contribution >= 0.6 is 0 Å². The molecular formula is C12H24O5. The van der Waals surface area contributed by atoms with Crippen LogP contribution < -0.4 is 0 Å². The second-order valence-corrected chi connectivity index (χ2v) is 4.76. The van der Waals surface area contributed by atoms with Gasteiger partial charge in [0.2, 0.25) is 0 Å². The highest BCUT2D eigenvalue weighted by atomic mass is 16.7. The average molecular weight is 248 g/mol. The van der Waals surface area contributed by atoms with Crippen LogP contribution in [0.1, 0.15) is 33.1 Å². The van der Waals surface area contributed by atoms with Gasteiger partial charge >= 0.3 is 0 Å². The van der Waals surface area contributed by atoms with Crippen molar-refractivity contribution in [1.29, 1.82) is 0 Å². The van der Waals surface area contributed by atoms with Gasteiger partial charge in [0.1, 0.15) is 0 Å². The maximum atomic E-state index is 8.98. The summed E-state index contributed by atoms with van der Waals surface area (Å²) in [5.74, 6) is -0.616. The summed E-state index contributed by atoms with van der Waals surface area (Å²) < 4.78 is 21.9. The van der Waals surface area contributed by atoms with Crippen molar-refractivity contribution in [2.45, 2.75) is 57.4 Å². The third-order valence-corrected chi connectivity index (χ3v) is 2.86. The first kappa shape index (κ1) is 14.9. The van der Waals surface area contributed by atoms with Crippen molar-refractivity contribution in [1.82, 2.24) is 0 Å². The molecule has 1 rings (SSSR count). The first-order valence-electron chi connectivity index (χ1n) is 6.03. The van der Waals surface area contributed by atoms with E-state index < -0.39 is 5.79 Å². The molecule has 1 fully saturated rings. The number of methoxy groups -OCH3 is 2. The van der Waals surface area contributed by atoms with Gasteiger partial charge in [-0.3, -0.25) is 0 Å². The zero-order chi connectivity index (χ0) is 12.9. The molecule has 1 aliphatic rings. The fourth-order valence-electron chi connectivity index (χ4n) is 2.19. The molecule has 1 heterocycles. The molecule has 5 heteroatoms. The van der Waals surface area contributed by atoms with Crippen LogP contribution in [0.5, 0.6) is 0 Å². The van der Waals surface area contributed by atoms with Crippen LogP contribution in [-0.4, -0.2) is 50.2 Å². The lowest BCUT2D eigenvalue weighted by Crippen LogP contribution is -2.46. The maximum Gasteiger partial charge on any atom is 0.163 e. The smallest absolute Gasteiger partial charge is 0.163 e. The molecule has 0 aromatic carbocycles. The van der Waals surface area contributed by atoms with E-state index in [2.05, 4.69) is 0 Å². The van der Waals surface area contributed by atoms with Crippen molar-refractivity contribution in [2.24, 2.45) is 0 Å². The van der Waals surface area contributed by atoms with Gasteiger partial charge in [-0.2, -0.15) is 0 Å². The lowest BCUT2D eigenvalue weighted by molar-refractivity contribution is -0.309. The molecule has 17 heavy (non-hydrogen) atoms. The Bertz CT molecular complexity index is 215. The number of ether oxygens (including phenoxy) is 4. The molecule has 0 radical (unpaired) electrons. The Hall–Kier alpha value is -0.200. The first-order chi connectivity index (χ1) is 8.00. The molecule has 0 spiro atoms. The molecule has 0 aliphatic carbocycles. The van der Waals surface area contributed by atoms with E-state index in [0.717, 1.165) is 6.42 Å². The molecule has 5 nitrogen and oxygen atoms in total. The zero-order valence-corrected chi connectivity index (χ0v) is 11.1. The Kier molecular flexibility index (Phi) is 5.82. The fourth-order valence-corrected chi connectivity index (χ4v) is 2.19. The summed E-state index contributed by atoms with van der Waals surface area (Å²) in [6.07, 6.45) is 1.86. The van der Waals surface area contributed by atoms with Crippen LogP contribution in [0.15, 0.2) is 0 Å². The topological polar surface area (TPSA) is 57.2 Å². The predicted molar refractivity (Wildman–Crippen MR) is 62.6 cm³/mol. The third-order valence-electron chi connectivity index (χ3n) is 2.86. The highest BCUT2D eigenvalue weighted by Crippen LogP contribution is 2.30. The summed E-state index contributed by atoms with van der Waals surface area (Å²) in [7, 11) is 3.23. The SMILES string of the molecule is COC(CC1CC(CCO)OC(C)(C)O1)OC. The van der Waals surface area contributed by atoms with Gasteiger partial charge in [-0.05, 0) is 20.3 Å². The van der Waals surface area contributed by atoms with Crippen molar-refractivity contribution >= 4 is 0 Å². The van der Waals surface area contributed by atoms with Gasteiger partial charge in [0, 0.05) is 33.7 Å². The van der Waals surface area contributed by atoms with Crippen LogP contribution in [0.3, 0.4) is 0 Å². The van der Waals surface area contributed by atoms with Gasteiger partial charge in [-0.15, -0.1) is 0 Å². The Balaban J connectivity index is 2.53. The van der Waals surface area contributed by atoms with Crippen LogP contribution in [0.25, 0.3) is 0 Å². The molecule has 0 aromatic heterocycles. The number of hydrogen-bond acceptors (Lipinski definition) is 5. The summed E-state index contributed by atoms with van der Waals surface area (Å²) in [6, 6.07) is 0. The Morgan fingerprint density at radius 3 is 2.35 bits per heavy atom. The molecule has 0 saturated carbocycles. The van der Waals surface area contributed by atoms with Crippen LogP contribution in [0.2, 0.25) is 0 Å². The van der Waals surface area contributed by atoms with Gasteiger partial charge in [0.05, 0.1) is 12.2 Å². The van der Waals surface area contributed by atoms with Gasteiger partial charge < -0.3 is 24.1 Å². The van der Waals surface area contributed by atoms with E-state index in [1.165, 1.54) is 0 Å². The van der Waals surface area contributed by atoms with Crippen LogP contribution in [0.4, 0.5) is 0 Å². The van der Waals surface area contributed by atoms with Crippen LogP contribution in [0, 0.1) is 0 Å². The van der Waals surface area contributed by atoms with E-state index in [4.69, 9.17) is 24.1 Å². The van der Waals surface area contributed by atoms with Gasteiger partial charge in [0.25, 0.3) is 0 Å². The van der Waals surface area contributed by atoms with Crippen molar-refractivity contribution in [3.05, 3.63) is 0 Å². The van der Waals surface area contributed by atoms with Crippen molar-refractivity contribution in [3.63, 3.8) is 0 Å². The molecule has 1 saturated heterocycles. The Morgan fingerprint density at radius 2 is 1.82 bits per heavy atom. The largest absolute Gasteiger partial charge is 0.396 e. The minimum atomic E-state index is -0.616. The summed E-state index contributed by atoms with van der Waals surface area (Å²) in [5, 5.41) is 8.98. The normalized spacial score (nSPS) is 28.6. The summed E-state index contributed by atoms with van der Waals surface area (Å²) in [4.78, 5) is 0. The molecule has 0 bridgehead atoms. The number of rotatable bonds is 6. The van der Waals surface area contributed by atoms with E-state index >= 15 is 0 Å². The molecule has 2 atom stereocenters. The quantitative estimate of drug-likeness (QED) is 0.718. The average Bonchev–Trinajstić information content (AvgIpc) is 2.24. The Morgan fingerprint density at radius 1 is 1.24 bits per heavy atom. The molecule has 1 N–H and O–H groups in total. The monoisotopic (exact) mass is 248 g/mol. The zero-order valence-electron chi connectivity index (χ0n) is 11.1. The second-order valence-electron chi connectivity index (χ2n) is 4.76. The molecule has 2 unspecified atom stereocenters. The number of aliphatic hydroxyl groups is 1. The number of aliphatic hydroxyl groups excluding tert-OH is 1. The molecule has 0 aromatic rings. The van der Waals surface area contributed by atoms with Gasteiger partial charge in [-0.25, -0.2) is 0 Å². The third kappa shape index (κ3) is 4.89. The van der Waals surface area contributed by atoms with Crippen molar-refractivity contribution in [2.75, 3.05) is 20.8 Å². The summed E-state index contributed by atoms with van der Waals surface area (Å²) >= 11 is 0. The molecule has 0 amide bonds. The molecular weight excluding hydrogens is 224 g/mol. The lowest BCUT2D eigenvalue weighted by Gasteiger charge is -2.41. The van der Waals surface area contributed by atoms with E-state index in [0.29, 0.717) is 12.8 Å². The summed E-state index contributed by atoms with van der Waals surface area (Å²) in [6.45, 7) is 3.90. The summed E-state index contributed by atoms with van der Waals surface area (Å²) in [5.41, 5.74) is 0. The van der Waals surface area contributed by atoms with Crippen molar-refractivity contribution < 1.29 is 24.1 Å². The van der Waals surface area contributed by atoms with E-state index in [1.54, 1.807) is 14.2 Å². The van der Waals surface area contributed by atoms with E-state index in [1.807, 2.05) is 13.8 Å². The van der Waals surface area contributed by atoms with E-state index in [9.17, 15) is 0 Å². The maximum absolute atomic E-state index is 8.98. The highest BCUT2D eigenvalue weighted by molar-refractivity contribution is 4.77. The minimum Gasteiger partial charge on any atom is -0.396 e. The Labute approximate surface area is 103 Å². The minimum absolute atomic E-state index is 0.0280. The van der Waals surface area contributed by atoms with Crippen molar-refractivity contribution in [3.8, 4) is 0 Å². The van der Waals surface area contributed by atoms with Gasteiger partial charge in [-0.1, -0.05) is 0 Å². The van der Waals surface area contributed by atoms with E-state index in [-0.39, 0.29) is 25.1 Å². The first-order valence-corrected chi connectivity index (χ1v) is 6.03. The standard InChI is InChI=1S/C12H24O5/c1-12(2)16-9(5-6-13)7-10(17-12)8-11(14-3)15-4/h9-11,13H,5-8H2,1-4H3. The number of hydrogen-bond donors (Lipinski definition) is 1. The fraction of sp³-hybridized carbons (Fsp3) is 1.00. The predicted octanol–water partition coefficient (Wildman–Crippen LogP) is 1.29. The van der Waals surface area contributed by atoms with Gasteiger partial charge in [0.15, 0.2) is 12.1 Å².